The Morgan fingerprint density at radius 3 is 2.67 bits per heavy atom. The Labute approximate surface area is 197 Å². The summed E-state index contributed by atoms with van der Waals surface area (Å²) in [6.45, 7) is 1.76. The zero-order valence-electron chi connectivity index (χ0n) is 18.7. The van der Waals surface area contributed by atoms with Crippen molar-refractivity contribution in [2.75, 3.05) is 40.5 Å². The number of methoxy groups -OCH3 is 2. The lowest BCUT2D eigenvalue weighted by atomic mass is 10.2. The second kappa shape index (κ2) is 12.1. The minimum Gasteiger partial charge on any atom is -0.385 e. The molecule has 0 aliphatic rings. The van der Waals surface area contributed by atoms with Crippen LogP contribution in [0.2, 0.25) is 0 Å². The highest BCUT2D eigenvalue weighted by molar-refractivity contribution is 7.89. The summed E-state index contributed by atoms with van der Waals surface area (Å²) in [4.78, 5) is 21.1. The number of sulfonamides is 1. The number of nitrogens with zero attached hydrogens (tertiary/aromatic N) is 3. The molecule has 1 amide bonds. The van der Waals surface area contributed by atoms with Gasteiger partial charge in [-0.1, -0.05) is 18.2 Å². The predicted octanol–water partition coefficient (Wildman–Crippen LogP) is 2.69. The summed E-state index contributed by atoms with van der Waals surface area (Å²) in [7, 11) is -0.689. The van der Waals surface area contributed by atoms with E-state index in [1.54, 1.807) is 44.0 Å². The SMILES string of the molecule is COCCCNC(=O)c1csc(CN(CCCOC)S(=O)(=O)c2cccc3cccnc23)n1. The molecular formula is C22H28N4O5S2. The molecule has 0 saturated heterocycles. The first-order chi connectivity index (χ1) is 16.0. The molecule has 2 aromatic heterocycles. The van der Waals surface area contributed by atoms with E-state index >= 15 is 0 Å². The van der Waals surface area contributed by atoms with Crippen LogP contribution in [-0.2, 0) is 26.0 Å². The van der Waals surface area contributed by atoms with Gasteiger partial charge in [0, 0.05) is 57.5 Å². The van der Waals surface area contributed by atoms with E-state index < -0.39 is 10.0 Å². The lowest BCUT2D eigenvalue weighted by Gasteiger charge is -2.21. The van der Waals surface area contributed by atoms with Gasteiger partial charge in [0.25, 0.3) is 5.91 Å². The van der Waals surface area contributed by atoms with Gasteiger partial charge < -0.3 is 14.8 Å². The third-order valence-electron chi connectivity index (χ3n) is 4.88. The van der Waals surface area contributed by atoms with Gasteiger partial charge in [-0.05, 0) is 25.0 Å². The van der Waals surface area contributed by atoms with Crippen LogP contribution in [0.3, 0.4) is 0 Å². The first-order valence-corrected chi connectivity index (χ1v) is 12.8. The van der Waals surface area contributed by atoms with Gasteiger partial charge in [-0.3, -0.25) is 9.78 Å². The number of amides is 1. The Morgan fingerprint density at radius 2 is 1.88 bits per heavy atom. The summed E-state index contributed by atoms with van der Waals surface area (Å²) >= 11 is 1.25. The Bertz CT molecular complexity index is 1160. The van der Waals surface area contributed by atoms with Crippen molar-refractivity contribution in [2.45, 2.75) is 24.3 Å². The number of ether oxygens (including phenoxy) is 2. The van der Waals surface area contributed by atoms with Crippen molar-refractivity contribution < 1.29 is 22.7 Å². The van der Waals surface area contributed by atoms with Gasteiger partial charge >= 0.3 is 0 Å². The first-order valence-electron chi connectivity index (χ1n) is 10.5. The van der Waals surface area contributed by atoms with Crippen molar-refractivity contribution in [2.24, 2.45) is 0 Å². The van der Waals surface area contributed by atoms with Gasteiger partial charge in [-0.25, -0.2) is 13.4 Å². The number of aromatic nitrogens is 2. The fraction of sp³-hybridized carbons (Fsp3) is 0.409. The predicted molar refractivity (Wildman–Crippen MR) is 127 cm³/mol. The van der Waals surface area contributed by atoms with Crippen LogP contribution in [-0.4, -0.2) is 69.1 Å². The molecule has 0 spiro atoms. The maximum atomic E-state index is 13.6. The van der Waals surface area contributed by atoms with E-state index in [1.807, 2.05) is 12.1 Å². The van der Waals surface area contributed by atoms with Crippen LogP contribution in [0.5, 0.6) is 0 Å². The van der Waals surface area contributed by atoms with Crippen LogP contribution in [0.25, 0.3) is 10.9 Å². The normalized spacial score (nSPS) is 11.8. The quantitative estimate of drug-likeness (QED) is 0.365. The molecule has 0 bridgehead atoms. The van der Waals surface area contributed by atoms with E-state index in [0.717, 1.165) is 5.39 Å². The number of fused-ring (bicyclic) bond motifs is 1. The summed E-state index contributed by atoms with van der Waals surface area (Å²) in [5.74, 6) is -0.291. The summed E-state index contributed by atoms with van der Waals surface area (Å²) in [5, 5.41) is 5.71. The Kier molecular flexibility index (Phi) is 9.27. The van der Waals surface area contributed by atoms with Crippen molar-refractivity contribution in [1.29, 1.82) is 0 Å². The zero-order chi connectivity index (χ0) is 23.7. The number of pyridine rings is 1. The van der Waals surface area contributed by atoms with Gasteiger partial charge in [0.15, 0.2) is 0 Å². The van der Waals surface area contributed by atoms with Crippen molar-refractivity contribution in [3.8, 4) is 0 Å². The monoisotopic (exact) mass is 492 g/mol. The molecule has 11 heteroatoms. The molecule has 2 heterocycles. The van der Waals surface area contributed by atoms with Crippen molar-refractivity contribution in [3.05, 3.63) is 52.6 Å². The lowest BCUT2D eigenvalue weighted by Crippen LogP contribution is -2.32. The topological polar surface area (TPSA) is 111 Å². The molecule has 3 aromatic rings. The number of carbonyl (C=O) groups is 1. The highest BCUT2D eigenvalue weighted by Crippen LogP contribution is 2.26. The molecule has 0 aliphatic heterocycles. The van der Waals surface area contributed by atoms with Gasteiger partial charge in [0.2, 0.25) is 10.0 Å². The molecule has 0 aliphatic carbocycles. The lowest BCUT2D eigenvalue weighted by molar-refractivity contribution is 0.0944. The third-order valence-corrected chi connectivity index (χ3v) is 7.59. The molecule has 0 saturated carbocycles. The second-order valence-corrected chi connectivity index (χ2v) is 10.1. The van der Waals surface area contributed by atoms with Crippen LogP contribution in [0.4, 0.5) is 0 Å². The van der Waals surface area contributed by atoms with E-state index in [2.05, 4.69) is 15.3 Å². The van der Waals surface area contributed by atoms with Gasteiger partial charge in [0.1, 0.15) is 15.6 Å². The van der Waals surface area contributed by atoms with Gasteiger partial charge in [0.05, 0.1) is 12.1 Å². The maximum Gasteiger partial charge on any atom is 0.270 e. The Hall–Kier alpha value is -2.44. The average Bonchev–Trinajstić information content (AvgIpc) is 3.29. The fourth-order valence-electron chi connectivity index (χ4n) is 3.24. The Morgan fingerprint density at radius 1 is 1.12 bits per heavy atom. The van der Waals surface area contributed by atoms with E-state index in [9.17, 15) is 13.2 Å². The van der Waals surface area contributed by atoms with Crippen LogP contribution < -0.4 is 5.32 Å². The standard InChI is InChI=1S/C22H28N4O5S2/c1-30-13-5-11-24-22(27)18-16-32-20(25-18)15-26(12-6-14-31-2)33(28,29)19-9-3-7-17-8-4-10-23-21(17)19/h3-4,7-10,16H,5-6,11-15H2,1-2H3,(H,24,27). The summed E-state index contributed by atoms with van der Waals surface area (Å²) in [6.07, 6.45) is 2.80. The smallest absolute Gasteiger partial charge is 0.270 e. The number of hydrogen-bond donors (Lipinski definition) is 1. The molecule has 0 fully saturated rings. The van der Waals surface area contributed by atoms with Gasteiger partial charge in [-0.2, -0.15) is 4.31 Å². The molecule has 1 N–H and O–H groups in total. The minimum absolute atomic E-state index is 0.0525. The average molecular weight is 493 g/mol. The highest BCUT2D eigenvalue weighted by Gasteiger charge is 2.28. The molecule has 1 aromatic carbocycles. The summed E-state index contributed by atoms with van der Waals surface area (Å²) in [5.41, 5.74) is 0.695. The molecule has 178 valence electrons. The number of carbonyl (C=O) groups excluding carboxylic acids is 1. The molecular weight excluding hydrogens is 464 g/mol. The molecule has 0 radical (unpaired) electrons. The van der Waals surface area contributed by atoms with Crippen LogP contribution in [0, 0.1) is 0 Å². The van der Waals surface area contributed by atoms with Crippen molar-refractivity contribution in [1.82, 2.24) is 19.6 Å². The molecule has 0 unspecified atom stereocenters. The second-order valence-electron chi connectivity index (χ2n) is 7.24. The van der Waals surface area contributed by atoms with E-state index in [0.29, 0.717) is 43.1 Å². The van der Waals surface area contributed by atoms with Crippen molar-refractivity contribution >= 4 is 38.2 Å². The fourth-order valence-corrected chi connectivity index (χ4v) is 5.72. The van der Waals surface area contributed by atoms with Crippen LogP contribution >= 0.6 is 11.3 Å². The molecule has 33 heavy (non-hydrogen) atoms. The van der Waals surface area contributed by atoms with E-state index in [4.69, 9.17) is 9.47 Å². The van der Waals surface area contributed by atoms with E-state index in [1.165, 1.54) is 15.6 Å². The van der Waals surface area contributed by atoms with Crippen LogP contribution in [0.15, 0.2) is 46.8 Å². The first kappa shape index (κ1) is 25.2. The number of thiazole rings is 1. The molecule has 9 nitrogen and oxygen atoms in total. The number of para-hydroxylation sites is 1. The molecule has 0 atom stereocenters. The summed E-state index contributed by atoms with van der Waals surface area (Å²) in [6, 6.07) is 8.70. The number of benzene rings is 1. The number of hydrogen-bond acceptors (Lipinski definition) is 8. The van der Waals surface area contributed by atoms with Crippen LogP contribution in [0.1, 0.15) is 28.3 Å². The number of nitrogens with one attached hydrogen (secondary N) is 1. The molecule has 3 rings (SSSR count). The highest BCUT2D eigenvalue weighted by atomic mass is 32.2. The summed E-state index contributed by atoms with van der Waals surface area (Å²) < 4.78 is 38.7. The zero-order valence-corrected chi connectivity index (χ0v) is 20.3. The third kappa shape index (κ3) is 6.55. The maximum absolute atomic E-state index is 13.6. The minimum atomic E-state index is -3.87. The number of rotatable bonds is 13. The van der Waals surface area contributed by atoms with E-state index in [-0.39, 0.29) is 29.6 Å². The van der Waals surface area contributed by atoms with Gasteiger partial charge in [-0.15, -0.1) is 11.3 Å². The largest absolute Gasteiger partial charge is 0.385 e. The Balaban J connectivity index is 1.82. The van der Waals surface area contributed by atoms with Crippen molar-refractivity contribution in [3.63, 3.8) is 0 Å².